The Morgan fingerprint density at radius 1 is 1.33 bits per heavy atom. The molecule has 0 aliphatic carbocycles. The largest absolute Gasteiger partial charge is 0.481 e. The second kappa shape index (κ2) is 6.93. The molecule has 0 saturated heterocycles. The van der Waals surface area contributed by atoms with Crippen molar-refractivity contribution in [1.82, 2.24) is 15.3 Å². The molecule has 1 aromatic heterocycles. The first-order chi connectivity index (χ1) is 11.5. The third-order valence-corrected chi connectivity index (χ3v) is 4.10. The van der Waals surface area contributed by atoms with Crippen LogP contribution in [0.4, 0.5) is 0 Å². The molecule has 2 aromatic carbocycles. The number of benzene rings is 2. The summed E-state index contributed by atoms with van der Waals surface area (Å²) in [5, 5.41) is 3.49. The SMILES string of the molecule is Cc1cc(OC(C)C(=O)NCc2nc3ccccc3[nH]2)ccc1Cl. The number of nitrogens with zero attached hydrogens (tertiary/aromatic N) is 1. The van der Waals surface area contributed by atoms with Crippen LogP contribution in [0.15, 0.2) is 42.5 Å². The maximum absolute atomic E-state index is 12.2. The van der Waals surface area contributed by atoms with Crippen LogP contribution < -0.4 is 10.1 Å². The highest BCUT2D eigenvalue weighted by Crippen LogP contribution is 2.21. The molecule has 0 bridgehead atoms. The molecular formula is C18H18ClN3O2. The molecule has 124 valence electrons. The summed E-state index contributed by atoms with van der Waals surface area (Å²) in [5.74, 6) is 1.12. The number of rotatable bonds is 5. The van der Waals surface area contributed by atoms with Gasteiger partial charge in [0.05, 0.1) is 17.6 Å². The van der Waals surface area contributed by atoms with Crippen LogP contribution in [0.25, 0.3) is 11.0 Å². The standard InChI is InChI=1S/C18H18ClN3O2/c1-11-9-13(7-8-14(11)19)24-12(2)18(23)20-10-17-21-15-5-3-4-6-16(15)22-17/h3-9,12H,10H2,1-2H3,(H,20,23)(H,21,22). The third-order valence-electron chi connectivity index (χ3n) is 3.68. The zero-order valence-electron chi connectivity index (χ0n) is 13.5. The van der Waals surface area contributed by atoms with Gasteiger partial charge in [0.25, 0.3) is 5.91 Å². The van der Waals surface area contributed by atoms with Gasteiger partial charge in [-0.25, -0.2) is 4.98 Å². The first-order valence-electron chi connectivity index (χ1n) is 7.67. The van der Waals surface area contributed by atoms with Crippen LogP contribution in [0.3, 0.4) is 0 Å². The van der Waals surface area contributed by atoms with Gasteiger partial charge in [0.15, 0.2) is 6.10 Å². The summed E-state index contributed by atoms with van der Waals surface area (Å²) in [6.45, 7) is 3.92. The molecular weight excluding hydrogens is 326 g/mol. The van der Waals surface area contributed by atoms with Crippen LogP contribution >= 0.6 is 11.6 Å². The number of aromatic amines is 1. The lowest BCUT2D eigenvalue weighted by Crippen LogP contribution is -2.36. The minimum absolute atomic E-state index is 0.206. The number of carbonyl (C=O) groups excluding carboxylic acids is 1. The van der Waals surface area contributed by atoms with Gasteiger partial charge in [-0.3, -0.25) is 4.79 Å². The lowest BCUT2D eigenvalue weighted by atomic mass is 10.2. The molecule has 1 heterocycles. The number of para-hydroxylation sites is 2. The van der Waals surface area contributed by atoms with Crippen molar-refractivity contribution in [3.8, 4) is 5.75 Å². The van der Waals surface area contributed by atoms with Gasteiger partial charge in [0.1, 0.15) is 11.6 Å². The van der Waals surface area contributed by atoms with Crippen molar-refractivity contribution in [2.75, 3.05) is 0 Å². The smallest absolute Gasteiger partial charge is 0.261 e. The summed E-state index contributed by atoms with van der Waals surface area (Å²) in [7, 11) is 0. The molecule has 6 heteroatoms. The van der Waals surface area contributed by atoms with Gasteiger partial charge >= 0.3 is 0 Å². The molecule has 0 fully saturated rings. The number of carbonyl (C=O) groups is 1. The fourth-order valence-corrected chi connectivity index (χ4v) is 2.47. The molecule has 24 heavy (non-hydrogen) atoms. The van der Waals surface area contributed by atoms with E-state index in [1.54, 1.807) is 19.1 Å². The molecule has 1 unspecified atom stereocenters. The van der Waals surface area contributed by atoms with Crippen molar-refractivity contribution in [2.24, 2.45) is 0 Å². The van der Waals surface area contributed by atoms with Crippen LogP contribution in [-0.4, -0.2) is 22.0 Å². The van der Waals surface area contributed by atoms with E-state index in [0.29, 0.717) is 23.1 Å². The number of ether oxygens (including phenoxy) is 1. The minimum Gasteiger partial charge on any atom is -0.481 e. The Morgan fingerprint density at radius 3 is 2.88 bits per heavy atom. The lowest BCUT2D eigenvalue weighted by Gasteiger charge is -2.15. The fraction of sp³-hybridized carbons (Fsp3) is 0.222. The molecule has 5 nitrogen and oxygen atoms in total. The van der Waals surface area contributed by atoms with Crippen LogP contribution in [0.1, 0.15) is 18.3 Å². The summed E-state index contributed by atoms with van der Waals surface area (Å²) in [6, 6.07) is 13.0. The monoisotopic (exact) mass is 343 g/mol. The Labute approximate surface area is 145 Å². The number of hydrogen-bond acceptors (Lipinski definition) is 3. The van der Waals surface area contributed by atoms with E-state index in [-0.39, 0.29) is 5.91 Å². The number of imidazole rings is 1. The van der Waals surface area contributed by atoms with Gasteiger partial charge in [0.2, 0.25) is 0 Å². The Hall–Kier alpha value is -2.53. The van der Waals surface area contributed by atoms with Crippen molar-refractivity contribution >= 4 is 28.5 Å². The number of nitrogens with one attached hydrogen (secondary N) is 2. The summed E-state index contributed by atoms with van der Waals surface area (Å²) in [5.41, 5.74) is 2.73. The van der Waals surface area contributed by atoms with Gasteiger partial charge in [-0.2, -0.15) is 0 Å². The quantitative estimate of drug-likeness (QED) is 0.743. The summed E-state index contributed by atoms with van der Waals surface area (Å²) >= 11 is 5.99. The van der Waals surface area contributed by atoms with Crippen molar-refractivity contribution in [3.63, 3.8) is 0 Å². The summed E-state index contributed by atoms with van der Waals surface area (Å²) < 4.78 is 5.66. The fourth-order valence-electron chi connectivity index (χ4n) is 2.35. The number of aryl methyl sites for hydroxylation is 1. The second-order valence-electron chi connectivity index (χ2n) is 5.59. The van der Waals surface area contributed by atoms with E-state index < -0.39 is 6.10 Å². The van der Waals surface area contributed by atoms with E-state index in [1.807, 2.05) is 37.3 Å². The van der Waals surface area contributed by atoms with Gasteiger partial charge in [-0.05, 0) is 49.7 Å². The van der Waals surface area contributed by atoms with Gasteiger partial charge in [0, 0.05) is 5.02 Å². The van der Waals surface area contributed by atoms with Crippen LogP contribution in [0, 0.1) is 6.92 Å². The van der Waals surface area contributed by atoms with Crippen LogP contribution in [-0.2, 0) is 11.3 Å². The topological polar surface area (TPSA) is 67.0 Å². The lowest BCUT2D eigenvalue weighted by molar-refractivity contribution is -0.127. The number of halogens is 1. The molecule has 0 radical (unpaired) electrons. The molecule has 1 atom stereocenters. The van der Waals surface area contributed by atoms with Gasteiger partial charge in [-0.15, -0.1) is 0 Å². The average molecular weight is 344 g/mol. The van der Waals surface area contributed by atoms with E-state index >= 15 is 0 Å². The Balaban J connectivity index is 1.58. The zero-order chi connectivity index (χ0) is 17.1. The highest BCUT2D eigenvalue weighted by molar-refractivity contribution is 6.31. The van der Waals surface area contributed by atoms with Gasteiger partial charge in [-0.1, -0.05) is 23.7 Å². The molecule has 3 aromatic rings. The second-order valence-corrected chi connectivity index (χ2v) is 6.00. The zero-order valence-corrected chi connectivity index (χ0v) is 14.2. The maximum Gasteiger partial charge on any atom is 0.261 e. The first-order valence-corrected chi connectivity index (χ1v) is 8.05. The van der Waals surface area contributed by atoms with E-state index in [2.05, 4.69) is 15.3 Å². The molecule has 0 spiro atoms. The summed E-state index contributed by atoms with van der Waals surface area (Å²) in [4.78, 5) is 19.8. The molecule has 1 amide bonds. The normalized spacial score (nSPS) is 12.1. The molecule has 0 aliphatic heterocycles. The molecule has 0 saturated carbocycles. The van der Waals surface area contributed by atoms with E-state index in [9.17, 15) is 4.79 Å². The Morgan fingerprint density at radius 2 is 2.12 bits per heavy atom. The number of amides is 1. The predicted molar refractivity (Wildman–Crippen MR) is 94.2 cm³/mol. The molecule has 2 N–H and O–H groups in total. The average Bonchev–Trinajstić information content (AvgIpc) is 2.99. The number of hydrogen-bond donors (Lipinski definition) is 2. The first kappa shape index (κ1) is 16.3. The number of fused-ring (bicyclic) bond motifs is 1. The highest BCUT2D eigenvalue weighted by atomic mass is 35.5. The predicted octanol–water partition coefficient (Wildman–Crippen LogP) is 3.61. The van der Waals surface area contributed by atoms with E-state index in [4.69, 9.17) is 16.3 Å². The van der Waals surface area contributed by atoms with Crippen LogP contribution in [0.5, 0.6) is 5.75 Å². The third kappa shape index (κ3) is 3.68. The van der Waals surface area contributed by atoms with E-state index in [1.165, 1.54) is 0 Å². The van der Waals surface area contributed by atoms with Crippen molar-refractivity contribution in [3.05, 3.63) is 58.9 Å². The van der Waals surface area contributed by atoms with Crippen molar-refractivity contribution in [1.29, 1.82) is 0 Å². The van der Waals surface area contributed by atoms with Gasteiger partial charge < -0.3 is 15.0 Å². The molecule has 3 rings (SSSR count). The molecule has 0 aliphatic rings. The highest BCUT2D eigenvalue weighted by Gasteiger charge is 2.15. The maximum atomic E-state index is 12.2. The van der Waals surface area contributed by atoms with E-state index in [0.717, 1.165) is 16.6 Å². The summed E-state index contributed by atoms with van der Waals surface area (Å²) in [6.07, 6.45) is -0.616. The Bertz CT molecular complexity index is 843. The number of aromatic nitrogens is 2. The minimum atomic E-state index is -0.616. The van der Waals surface area contributed by atoms with Crippen molar-refractivity contribution in [2.45, 2.75) is 26.5 Å². The van der Waals surface area contributed by atoms with Crippen molar-refractivity contribution < 1.29 is 9.53 Å². The Kier molecular flexibility index (Phi) is 4.71. The number of H-pyrrole nitrogens is 1. The van der Waals surface area contributed by atoms with Crippen LogP contribution in [0.2, 0.25) is 5.02 Å².